The lowest BCUT2D eigenvalue weighted by atomic mass is 10.1. The van der Waals surface area contributed by atoms with Crippen LogP contribution in [-0.4, -0.2) is 4.98 Å². The molecule has 0 aliphatic heterocycles. The van der Waals surface area contributed by atoms with Gasteiger partial charge in [-0.2, -0.15) is 0 Å². The van der Waals surface area contributed by atoms with E-state index in [1.165, 1.54) is 0 Å². The molecule has 0 unspecified atom stereocenters. The number of anilines is 2. The van der Waals surface area contributed by atoms with Crippen molar-refractivity contribution in [2.75, 3.05) is 11.5 Å². The molecule has 0 aliphatic rings. The second-order valence-electron chi connectivity index (χ2n) is 4.27. The van der Waals surface area contributed by atoms with Gasteiger partial charge in [0, 0.05) is 16.9 Å². The standard InChI is InChI=1S/C14H13N3O/c1-8-10(3-2-4-11(8)16)14-17-12-7-9(15)5-6-13(12)18-14/h2-7H,15-16H2,1H3. The van der Waals surface area contributed by atoms with E-state index in [0.29, 0.717) is 11.6 Å². The molecule has 0 amide bonds. The SMILES string of the molecule is Cc1c(N)cccc1-c1nc2cc(N)ccc2o1. The second-order valence-corrected chi connectivity index (χ2v) is 4.27. The zero-order chi connectivity index (χ0) is 12.7. The van der Waals surface area contributed by atoms with Gasteiger partial charge in [0.1, 0.15) is 5.52 Å². The van der Waals surface area contributed by atoms with E-state index in [1.807, 2.05) is 31.2 Å². The number of nitrogens with zero attached hydrogens (tertiary/aromatic N) is 1. The van der Waals surface area contributed by atoms with E-state index >= 15 is 0 Å². The Labute approximate surface area is 104 Å². The van der Waals surface area contributed by atoms with E-state index in [0.717, 1.165) is 27.9 Å². The van der Waals surface area contributed by atoms with Gasteiger partial charge in [-0.1, -0.05) is 6.07 Å². The van der Waals surface area contributed by atoms with Crippen LogP contribution >= 0.6 is 0 Å². The van der Waals surface area contributed by atoms with Crippen LogP contribution in [-0.2, 0) is 0 Å². The van der Waals surface area contributed by atoms with Crippen LogP contribution in [0.25, 0.3) is 22.6 Å². The van der Waals surface area contributed by atoms with Crippen LogP contribution in [0.1, 0.15) is 5.56 Å². The molecule has 3 aromatic rings. The average molecular weight is 239 g/mol. The van der Waals surface area contributed by atoms with Gasteiger partial charge < -0.3 is 15.9 Å². The van der Waals surface area contributed by atoms with Crippen molar-refractivity contribution < 1.29 is 4.42 Å². The van der Waals surface area contributed by atoms with E-state index in [-0.39, 0.29) is 0 Å². The van der Waals surface area contributed by atoms with Crippen molar-refractivity contribution in [3.8, 4) is 11.5 Å². The predicted octanol–water partition coefficient (Wildman–Crippen LogP) is 2.97. The molecule has 4 heteroatoms. The molecule has 0 atom stereocenters. The van der Waals surface area contributed by atoms with Crippen LogP contribution in [0, 0.1) is 6.92 Å². The van der Waals surface area contributed by atoms with Crippen LogP contribution in [0.3, 0.4) is 0 Å². The fourth-order valence-electron chi connectivity index (χ4n) is 1.94. The zero-order valence-electron chi connectivity index (χ0n) is 9.97. The largest absolute Gasteiger partial charge is 0.436 e. The number of hydrogen-bond donors (Lipinski definition) is 2. The lowest BCUT2D eigenvalue weighted by Gasteiger charge is -2.03. The first-order chi connectivity index (χ1) is 8.65. The van der Waals surface area contributed by atoms with E-state index < -0.39 is 0 Å². The molecule has 0 spiro atoms. The van der Waals surface area contributed by atoms with Crippen molar-refractivity contribution in [1.29, 1.82) is 0 Å². The highest BCUT2D eigenvalue weighted by molar-refractivity contribution is 5.80. The molecule has 1 aromatic heterocycles. The van der Waals surface area contributed by atoms with Crippen molar-refractivity contribution in [2.24, 2.45) is 0 Å². The number of nitrogen functional groups attached to an aromatic ring is 2. The monoisotopic (exact) mass is 239 g/mol. The van der Waals surface area contributed by atoms with Crippen molar-refractivity contribution >= 4 is 22.5 Å². The summed E-state index contributed by atoms with van der Waals surface area (Å²) >= 11 is 0. The predicted molar refractivity (Wildman–Crippen MR) is 73.0 cm³/mol. The summed E-state index contributed by atoms with van der Waals surface area (Å²) in [5.74, 6) is 0.570. The molecule has 18 heavy (non-hydrogen) atoms. The molecule has 90 valence electrons. The van der Waals surface area contributed by atoms with Gasteiger partial charge in [-0.3, -0.25) is 0 Å². The molecule has 0 saturated carbocycles. The number of nitrogens with two attached hydrogens (primary N) is 2. The number of rotatable bonds is 1. The van der Waals surface area contributed by atoms with Crippen molar-refractivity contribution in [3.05, 3.63) is 42.0 Å². The number of benzene rings is 2. The maximum absolute atomic E-state index is 5.89. The van der Waals surface area contributed by atoms with Gasteiger partial charge in [0.2, 0.25) is 5.89 Å². The highest BCUT2D eigenvalue weighted by atomic mass is 16.3. The smallest absolute Gasteiger partial charge is 0.227 e. The van der Waals surface area contributed by atoms with E-state index in [1.54, 1.807) is 12.1 Å². The van der Waals surface area contributed by atoms with E-state index in [2.05, 4.69) is 4.98 Å². The third-order valence-corrected chi connectivity index (χ3v) is 3.02. The summed E-state index contributed by atoms with van der Waals surface area (Å²) in [7, 11) is 0. The third kappa shape index (κ3) is 1.59. The second kappa shape index (κ2) is 3.77. The molecular weight excluding hydrogens is 226 g/mol. The Kier molecular flexibility index (Phi) is 2.23. The van der Waals surface area contributed by atoms with E-state index in [4.69, 9.17) is 15.9 Å². The van der Waals surface area contributed by atoms with Crippen molar-refractivity contribution in [3.63, 3.8) is 0 Å². The average Bonchev–Trinajstić information content (AvgIpc) is 2.75. The quantitative estimate of drug-likeness (QED) is 0.640. The van der Waals surface area contributed by atoms with Gasteiger partial charge in [0.25, 0.3) is 0 Å². The normalized spacial score (nSPS) is 10.9. The first kappa shape index (κ1) is 10.7. The number of fused-ring (bicyclic) bond motifs is 1. The molecule has 0 saturated heterocycles. The van der Waals surface area contributed by atoms with Crippen LogP contribution in [0.15, 0.2) is 40.8 Å². The maximum Gasteiger partial charge on any atom is 0.227 e. The summed E-state index contributed by atoms with van der Waals surface area (Å²) in [5.41, 5.74) is 16.4. The Hall–Kier alpha value is -2.49. The first-order valence-electron chi connectivity index (χ1n) is 5.66. The summed E-state index contributed by atoms with van der Waals surface area (Å²) < 4.78 is 5.72. The molecule has 0 aliphatic carbocycles. The summed E-state index contributed by atoms with van der Waals surface area (Å²) in [5, 5.41) is 0. The van der Waals surface area contributed by atoms with Gasteiger partial charge >= 0.3 is 0 Å². The third-order valence-electron chi connectivity index (χ3n) is 3.02. The molecule has 4 N–H and O–H groups in total. The Morgan fingerprint density at radius 2 is 1.94 bits per heavy atom. The Morgan fingerprint density at radius 3 is 2.78 bits per heavy atom. The maximum atomic E-state index is 5.89. The van der Waals surface area contributed by atoms with Crippen LogP contribution < -0.4 is 11.5 Å². The van der Waals surface area contributed by atoms with Gasteiger partial charge in [-0.15, -0.1) is 0 Å². The molecule has 3 rings (SSSR count). The van der Waals surface area contributed by atoms with Gasteiger partial charge in [0.05, 0.1) is 0 Å². The first-order valence-corrected chi connectivity index (χ1v) is 5.66. The number of oxazole rings is 1. The summed E-state index contributed by atoms with van der Waals surface area (Å²) in [6, 6.07) is 11.1. The molecule has 0 bridgehead atoms. The Bertz CT molecular complexity index is 731. The highest BCUT2D eigenvalue weighted by Crippen LogP contribution is 2.29. The summed E-state index contributed by atoms with van der Waals surface area (Å²) in [6.07, 6.45) is 0. The van der Waals surface area contributed by atoms with Crippen LogP contribution in [0.2, 0.25) is 0 Å². The topological polar surface area (TPSA) is 78.1 Å². The molecule has 2 aromatic carbocycles. The highest BCUT2D eigenvalue weighted by Gasteiger charge is 2.11. The Balaban J connectivity index is 2.22. The molecule has 0 fully saturated rings. The number of hydrogen-bond acceptors (Lipinski definition) is 4. The lowest BCUT2D eigenvalue weighted by Crippen LogP contribution is -1.91. The van der Waals surface area contributed by atoms with Crippen LogP contribution in [0.4, 0.5) is 11.4 Å². The summed E-state index contributed by atoms with van der Waals surface area (Å²) in [4.78, 5) is 4.44. The Morgan fingerprint density at radius 1 is 1.11 bits per heavy atom. The molecule has 1 heterocycles. The van der Waals surface area contributed by atoms with Gasteiger partial charge in [-0.05, 0) is 42.8 Å². The fourth-order valence-corrected chi connectivity index (χ4v) is 1.94. The number of aromatic nitrogens is 1. The molecule has 0 radical (unpaired) electrons. The minimum Gasteiger partial charge on any atom is -0.436 e. The van der Waals surface area contributed by atoms with E-state index in [9.17, 15) is 0 Å². The minimum atomic E-state index is 0.570. The van der Waals surface area contributed by atoms with Crippen LogP contribution in [0.5, 0.6) is 0 Å². The zero-order valence-corrected chi connectivity index (χ0v) is 9.97. The fraction of sp³-hybridized carbons (Fsp3) is 0.0714. The molecule has 4 nitrogen and oxygen atoms in total. The minimum absolute atomic E-state index is 0.570. The van der Waals surface area contributed by atoms with Gasteiger partial charge in [-0.25, -0.2) is 4.98 Å². The molecular formula is C14H13N3O. The summed E-state index contributed by atoms with van der Waals surface area (Å²) in [6.45, 7) is 1.95. The van der Waals surface area contributed by atoms with Crippen molar-refractivity contribution in [2.45, 2.75) is 6.92 Å². The lowest BCUT2D eigenvalue weighted by molar-refractivity contribution is 0.619. The van der Waals surface area contributed by atoms with Gasteiger partial charge in [0.15, 0.2) is 5.58 Å². The van der Waals surface area contributed by atoms with Crippen molar-refractivity contribution in [1.82, 2.24) is 4.98 Å².